The van der Waals surface area contributed by atoms with Crippen molar-refractivity contribution < 1.29 is 14.6 Å². The number of aliphatic hydroxyl groups excluding tert-OH is 1. The molecule has 0 amide bonds. The van der Waals surface area contributed by atoms with Gasteiger partial charge in [-0.2, -0.15) is 0 Å². The molecular formula is C11H18O3. The molecule has 1 N–H and O–H groups in total. The minimum Gasteiger partial charge on any atom is -0.465 e. The Hall–Kier alpha value is -0.830. The first-order chi connectivity index (χ1) is 6.64. The van der Waals surface area contributed by atoms with Crippen LogP contribution in [0.5, 0.6) is 0 Å². The molecule has 0 aromatic rings. The van der Waals surface area contributed by atoms with Crippen LogP contribution in [-0.4, -0.2) is 24.3 Å². The molecule has 0 spiro atoms. The molecule has 1 atom stereocenters. The lowest BCUT2D eigenvalue weighted by Gasteiger charge is -2.33. The van der Waals surface area contributed by atoms with Gasteiger partial charge in [-0.05, 0) is 32.6 Å². The second-order valence-electron chi connectivity index (χ2n) is 3.94. The second kappa shape index (κ2) is 4.60. The normalized spacial score (nSPS) is 27.4. The predicted octanol–water partition coefficient (Wildman–Crippen LogP) is 1.66. The lowest BCUT2D eigenvalue weighted by atomic mass is 9.73. The van der Waals surface area contributed by atoms with Gasteiger partial charge >= 0.3 is 5.97 Å². The van der Waals surface area contributed by atoms with Crippen molar-refractivity contribution in [2.45, 2.75) is 32.6 Å². The molecule has 0 bridgehead atoms. The largest absolute Gasteiger partial charge is 0.465 e. The number of carbonyl (C=O) groups is 1. The molecule has 0 radical (unpaired) electrons. The van der Waals surface area contributed by atoms with Crippen LogP contribution in [0.1, 0.15) is 32.6 Å². The zero-order valence-electron chi connectivity index (χ0n) is 8.71. The highest BCUT2D eigenvalue weighted by Crippen LogP contribution is 2.39. The first-order valence-electron chi connectivity index (χ1n) is 5.09. The van der Waals surface area contributed by atoms with Crippen molar-refractivity contribution in [3.8, 4) is 0 Å². The van der Waals surface area contributed by atoms with Gasteiger partial charge in [0, 0.05) is 0 Å². The molecule has 1 unspecified atom stereocenters. The average molecular weight is 198 g/mol. The Bertz CT molecular complexity index is 235. The fraction of sp³-hybridized carbons (Fsp3) is 0.727. The third-order valence-corrected chi connectivity index (χ3v) is 2.79. The topological polar surface area (TPSA) is 46.5 Å². The predicted molar refractivity (Wildman–Crippen MR) is 53.8 cm³/mol. The zero-order chi connectivity index (χ0) is 10.6. The van der Waals surface area contributed by atoms with Crippen LogP contribution in [0.2, 0.25) is 0 Å². The SMILES string of the molecule is C=C1CCCC(CO)(C(=O)OCC)C1. The van der Waals surface area contributed by atoms with E-state index in [1.807, 2.05) is 0 Å². The number of hydrogen-bond donors (Lipinski definition) is 1. The Morgan fingerprint density at radius 3 is 2.93 bits per heavy atom. The number of hydrogen-bond acceptors (Lipinski definition) is 3. The molecule has 0 aromatic carbocycles. The smallest absolute Gasteiger partial charge is 0.314 e. The molecule has 14 heavy (non-hydrogen) atoms. The summed E-state index contributed by atoms with van der Waals surface area (Å²) in [5.41, 5.74) is 0.337. The number of rotatable bonds is 3. The van der Waals surface area contributed by atoms with Crippen LogP contribution in [-0.2, 0) is 9.53 Å². The minimum atomic E-state index is -0.703. The lowest BCUT2D eigenvalue weighted by Crippen LogP contribution is -2.39. The fourth-order valence-corrected chi connectivity index (χ4v) is 1.99. The van der Waals surface area contributed by atoms with E-state index in [4.69, 9.17) is 4.74 Å². The molecule has 0 aromatic heterocycles. The molecule has 0 aliphatic heterocycles. The number of aliphatic hydroxyl groups is 1. The van der Waals surface area contributed by atoms with Crippen LogP contribution in [0.25, 0.3) is 0 Å². The van der Waals surface area contributed by atoms with Crippen molar-refractivity contribution in [3.63, 3.8) is 0 Å². The zero-order valence-corrected chi connectivity index (χ0v) is 8.71. The van der Waals surface area contributed by atoms with Crippen LogP contribution >= 0.6 is 0 Å². The van der Waals surface area contributed by atoms with Gasteiger partial charge in [-0.3, -0.25) is 4.79 Å². The highest BCUT2D eigenvalue weighted by molar-refractivity contribution is 5.77. The van der Waals surface area contributed by atoms with E-state index in [1.54, 1.807) is 6.92 Å². The molecule has 1 aliphatic rings. The van der Waals surface area contributed by atoms with Gasteiger partial charge in [0.2, 0.25) is 0 Å². The van der Waals surface area contributed by atoms with Gasteiger partial charge in [-0.15, -0.1) is 0 Å². The number of allylic oxidation sites excluding steroid dienone is 1. The van der Waals surface area contributed by atoms with Gasteiger partial charge in [-0.25, -0.2) is 0 Å². The van der Waals surface area contributed by atoms with Crippen LogP contribution in [0.4, 0.5) is 0 Å². The third kappa shape index (κ3) is 2.15. The maximum absolute atomic E-state index is 11.7. The average Bonchev–Trinajstić information content (AvgIpc) is 2.18. The molecule has 3 heteroatoms. The summed E-state index contributed by atoms with van der Waals surface area (Å²) in [5.74, 6) is -0.275. The van der Waals surface area contributed by atoms with Crippen molar-refractivity contribution in [2.75, 3.05) is 13.2 Å². The Balaban J connectivity index is 2.73. The molecular weight excluding hydrogens is 180 g/mol. The van der Waals surface area contributed by atoms with Crippen molar-refractivity contribution in [1.29, 1.82) is 0 Å². The molecule has 1 aliphatic carbocycles. The van der Waals surface area contributed by atoms with E-state index in [9.17, 15) is 9.90 Å². The first kappa shape index (κ1) is 11.2. The van der Waals surface area contributed by atoms with E-state index in [1.165, 1.54) is 0 Å². The van der Waals surface area contributed by atoms with Crippen LogP contribution in [0, 0.1) is 5.41 Å². The quantitative estimate of drug-likeness (QED) is 0.554. The fourth-order valence-electron chi connectivity index (χ4n) is 1.99. The van der Waals surface area contributed by atoms with Crippen molar-refractivity contribution in [2.24, 2.45) is 5.41 Å². The molecule has 0 saturated heterocycles. The maximum Gasteiger partial charge on any atom is 0.314 e. The van der Waals surface area contributed by atoms with Gasteiger partial charge in [0.15, 0.2) is 0 Å². The summed E-state index contributed by atoms with van der Waals surface area (Å²) in [6.07, 6.45) is 3.16. The lowest BCUT2D eigenvalue weighted by molar-refractivity contribution is -0.159. The van der Waals surface area contributed by atoms with Gasteiger partial charge in [0.05, 0.1) is 18.6 Å². The van der Waals surface area contributed by atoms with Gasteiger partial charge in [-0.1, -0.05) is 12.2 Å². The molecule has 80 valence electrons. The molecule has 1 rings (SSSR count). The molecule has 1 fully saturated rings. The summed E-state index contributed by atoms with van der Waals surface area (Å²) in [5, 5.41) is 9.31. The Labute approximate surface area is 84.8 Å². The summed E-state index contributed by atoms with van der Waals surface area (Å²) in [4.78, 5) is 11.7. The van der Waals surface area contributed by atoms with E-state index in [2.05, 4.69) is 6.58 Å². The van der Waals surface area contributed by atoms with Crippen LogP contribution in [0.15, 0.2) is 12.2 Å². The summed E-state index contributed by atoms with van der Waals surface area (Å²) >= 11 is 0. The number of esters is 1. The van der Waals surface area contributed by atoms with E-state index in [0.717, 1.165) is 18.4 Å². The maximum atomic E-state index is 11.7. The molecule has 1 saturated carbocycles. The van der Waals surface area contributed by atoms with E-state index in [0.29, 0.717) is 19.4 Å². The van der Waals surface area contributed by atoms with Crippen molar-refractivity contribution >= 4 is 5.97 Å². The van der Waals surface area contributed by atoms with E-state index in [-0.39, 0.29) is 12.6 Å². The molecule has 3 nitrogen and oxygen atoms in total. The second-order valence-corrected chi connectivity index (χ2v) is 3.94. The summed E-state index contributed by atoms with van der Waals surface area (Å²) in [6.45, 7) is 5.89. The van der Waals surface area contributed by atoms with E-state index < -0.39 is 5.41 Å². The van der Waals surface area contributed by atoms with Crippen molar-refractivity contribution in [3.05, 3.63) is 12.2 Å². The van der Waals surface area contributed by atoms with Gasteiger partial charge < -0.3 is 9.84 Å². The van der Waals surface area contributed by atoms with Crippen LogP contribution in [0.3, 0.4) is 0 Å². The number of carbonyl (C=O) groups excluding carboxylic acids is 1. The monoisotopic (exact) mass is 198 g/mol. The standard InChI is InChI=1S/C11H18O3/c1-3-14-10(13)11(8-12)6-4-5-9(2)7-11/h12H,2-8H2,1H3. The number of ether oxygens (including phenoxy) is 1. The van der Waals surface area contributed by atoms with Gasteiger partial charge in [0.25, 0.3) is 0 Å². The van der Waals surface area contributed by atoms with E-state index >= 15 is 0 Å². The molecule has 0 heterocycles. The minimum absolute atomic E-state index is 0.134. The third-order valence-electron chi connectivity index (χ3n) is 2.79. The summed E-state index contributed by atoms with van der Waals surface area (Å²) < 4.78 is 4.98. The van der Waals surface area contributed by atoms with Gasteiger partial charge in [0.1, 0.15) is 0 Å². The van der Waals surface area contributed by atoms with Crippen molar-refractivity contribution in [1.82, 2.24) is 0 Å². The highest BCUT2D eigenvalue weighted by Gasteiger charge is 2.41. The summed E-state index contributed by atoms with van der Waals surface area (Å²) in [6, 6.07) is 0. The Morgan fingerprint density at radius 1 is 1.71 bits per heavy atom. The summed E-state index contributed by atoms with van der Waals surface area (Å²) in [7, 11) is 0. The first-order valence-corrected chi connectivity index (χ1v) is 5.09. The Kier molecular flexibility index (Phi) is 3.69. The highest BCUT2D eigenvalue weighted by atomic mass is 16.5. The van der Waals surface area contributed by atoms with Crippen LogP contribution < -0.4 is 0 Å². The Morgan fingerprint density at radius 2 is 2.43 bits per heavy atom.